The van der Waals surface area contributed by atoms with E-state index in [0.717, 1.165) is 18.4 Å². The van der Waals surface area contributed by atoms with Gasteiger partial charge in [-0.1, -0.05) is 6.92 Å². The second kappa shape index (κ2) is 7.58. The molecule has 1 heterocycles. The maximum atomic E-state index is 6.15. The molecule has 0 fully saturated rings. The van der Waals surface area contributed by atoms with Crippen molar-refractivity contribution < 1.29 is 9.47 Å². The zero-order chi connectivity index (χ0) is 14.3. The quantitative estimate of drug-likeness (QED) is 0.786. The van der Waals surface area contributed by atoms with Crippen molar-refractivity contribution in [2.45, 2.75) is 51.4 Å². The molecule has 0 amide bonds. The predicted molar refractivity (Wildman–Crippen MR) is 76.9 cm³/mol. The highest BCUT2D eigenvalue weighted by molar-refractivity contribution is 5.15. The van der Waals surface area contributed by atoms with Crippen LogP contribution in [-0.4, -0.2) is 30.3 Å². The number of hydrogen-bond donors (Lipinski definition) is 1. The molecule has 0 aliphatic rings. The molecule has 1 aromatic heterocycles. The van der Waals surface area contributed by atoms with Crippen LogP contribution in [0.4, 0.5) is 0 Å². The summed E-state index contributed by atoms with van der Waals surface area (Å²) in [4.78, 5) is 4.03. The lowest BCUT2D eigenvalue weighted by Crippen LogP contribution is -2.31. The van der Waals surface area contributed by atoms with Crippen molar-refractivity contribution in [3.63, 3.8) is 0 Å². The number of ether oxygens (including phenoxy) is 2. The molecule has 0 saturated heterocycles. The number of nitrogens with two attached hydrogens (primary N) is 1. The van der Waals surface area contributed by atoms with Gasteiger partial charge in [0.15, 0.2) is 0 Å². The molecule has 1 aromatic rings. The van der Waals surface area contributed by atoms with E-state index < -0.39 is 0 Å². The zero-order valence-corrected chi connectivity index (χ0v) is 12.4. The lowest BCUT2D eigenvalue weighted by Gasteiger charge is -2.27. The number of rotatable bonds is 8. The Balaban J connectivity index is 2.62. The van der Waals surface area contributed by atoms with Crippen LogP contribution in [0.25, 0.3) is 0 Å². The normalized spacial score (nSPS) is 15.2. The van der Waals surface area contributed by atoms with Gasteiger partial charge in [-0.2, -0.15) is 0 Å². The maximum Gasteiger partial charge on any atom is 0.0976 e. The van der Waals surface area contributed by atoms with Gasteiger partial charge in [0, 0.05) is 25.5 Å². The monoisotopic (exact) mass is 266 g/mol. The summed E-state index contributed by atoms with van der Waals surface area (Å²) in [7, 11) is 1.72. The van der Waals surface area contributed by atoms with Crippen LogP contribution in [0, 0.1) is 0 Å². The van der Waals surface area contributed by atoms with Crippen molar-refractivity contribution in [3.8, 4) is 0 Å². The van der Waals surface area contributed by atoms with Crippen LogP contribution in [-0.2, 0) is 9.47 Å². The van der Waals surface area contributed by atoms with Crippen molar-refractivity contribution in [2.75, 3.05) is 13.7 Å². The van der Waals surface area contributed by atoms with Gasteiger partial charge in [0.05, 0.1) is 18.3 Å². The second-order valence-electron chi connectivity index (χ2n) is 5.36. The van der Waals surface area contributed by atoms with Gasteiger partial charge in [0.2, 0.25) is 0 Å². The fraction of sp³-hybridized carbons (Fsp3) is 0.667. The van der Waals surface area contributed by atoms with Crippen LogP contribution in [0.3, 0.4) is 0 Å². The molecule has 2 atom stereocenters. The molecule has 2 unspecified atom stereocenters. The Morgan fingerprint density at radius 2 is 1.95 bits per heavy atom. The van der Waals surface area contributed by atoms with E-state index in [4.69, 9.17) is 15.2 Å². The van der Waals surface area contributed by atoms with Gasteiger partial charge in [-0.15, -0.1) is 0 Å². The second-order valence-corrected chi connectivity index (χ2v) is 5.36. The number of pyridine rings is 1. The molecule has 0 spiro atoms. The standard InChI is InChI=1S/C15H26N2O2/c1-5-13(16)14(12-6-9-17-10-7-12)19-11-8-15(2,3)18-4/h6-7,9-10,13-14H,5,8,11,16H2,1-4H3. The van der Waals surface area contributed by atoms with Crippen LogP contribution in [0.1, 0.15) is 45.3 Å². The van der Waals surface area contributed by atoms with E-state index >= 15 is 0 Å². The highest BCUT2D eigenvalue weighted by Crippen LogP contribution is 2.23. The minimum absolute atomic E-state index is 0.00643. The summed E-state index contributed by atoms with van der Waals surface area (Å²) < 4.78 is 11.4. The minimum atomic E-state index is -0.168. The Morgan fingerprint density at radius 1 is 1.32 bits per heavy atom. The number of hydrogen-bond acceptors (Lipinski definition) is 4. The first-order valence-corrected chi connectivity index (χ1v) is 6.82. The van der Waals surface area contributed by atoms with Crippen molar-refractivity contribution in [1.29, 1.82) is 0 Å². The van der Waals surface area contributed by atoms with E-state index in [-0.39, 0.29) is 17.7 Å². The van der Waals surface area contributed by atoms with E-state index in [1.165, 1.54) is 0 Å². The first-order chi connectivity index (χ1) is 9.00. The molecule has 0 radical (unpaired) electrons. The smallest absolute Gasteiger partial charge is 0.0976 e. The molecule has 108 valence electrons. The lowest BCUT2D eigenvalue weighted by molar-refractivity contribution is -0.0332. The zero-order valence-electron chi connectivity index (χ0n) is 12.4. The molecular weight excluding hydrogens is 240 g/mol. The van der Waals surface area contributed by atoms with E-state index in [1.54, 1.807) is 19.5 Å². The first-order valence-electron chi connectivity index (χ1n) is 6.82. The molecule has 4 nitrogen and oxygen atoms in total. The molecule has 2 N–H and O–H groups in total. The van der Waals surface area contributed by atoms with E-state index in [9.17, 15) is 0 Å². The molecule has 4 heteroatoms. The Kier molecular flexibility index (Phi) is 6.42. The average Bonchev–Trinajstić information content (AvgIpc) is 2.44. The molecule has 19 heavy (non-hydrogen) atoms. The Morgan fingerprint density at radius 3 is 2.47 bits per heavy atom. The van der Waals surface area contributed by atoms with Crippen LogP contribution in [0.15, 0.2) is 24.5 Å². The van der Waals surface area contributed by atoms with Crippen LogP contribution < -0.4 is 5.73 Å². The van der Waals surface area contributed by atoms with Crippen LogP contribution in [0.5, 0.6) is 0 Å². The van der Waals surface area contributed by atoms with Crippen molar-refractivity contribution in [1.82, 2.24) is 4.98 Å². The summed E-state index contributed by atoms with van der Waals surface area (Å²) in [6.07, 6.45) is 5.17. The summed E-state index contributed by atoms with van der Waals surface area (Å²) in [5.41, 5.74) is 7.07. The van der Waals surface area contributed by atoms with Crippen molar-refractivity contribution in [3.05, 3.63) is 30.1 Å². The fourth-order valence-corrected chi connectivity index (χ4v) is 1.77. The third kappa shape index (κ3) is 5.27. The molecule has 0 aliphatic heterocycles. The minimum Gasteiger partial charge on any atom is -0.379 e. The van der Waals surface area contributed by atoms with E-state index in [0.29, 0.717) is 6.61 Å². The van der Waals surface area contributed by atoms with Gasteiger partial charge < -0.3 is 15.2 Å². The number of nitrogens with zero attached hydrogens (tertiary/aromatic N) is 1. The Hall–Kier alpha value is -0.970. The SMILES string of the molecule is CCC(N)C(OCCC(C)(C)OC)c1ccncc1. The predicted octanol–water partition coefficient (Wildman–Crippen LogP) is 2.69. The van der Waals surface area contributed by atoms with Gasteiger partial charge in [-0.25, -0.2) is 0 Å². The van der Waals surface area contributed by atoms with E-state index in [2.05, 4.69) is 25.8 Å². The highest BCUT2D eigenvalue weighted by atomic mass is 16.5. The summed E-state index contributed by atoms with van der Waals surface area (Å²) in [6, 6.07) is 3.91. The number of methoxy groups -OCH3 is 1. The Bertz CT molecular complexity index is 354. The van der Waals surface area contributed by atoms with Gasteiger partial charge >= 0.3 is 0 Å². The molecule has 0 aromatic carbocycles. The third-order valence-electron chi connectivity index (χ3n) is 3.45. The Labute approximate surface area is 116 Å². The summed E-state index contributed by atoms with van der Waals surface area (Å²) >= 11 is 0. The van der Waals surface area contributed by atoms with Gasteiger partial charge in [-0.05, 0) is 44.4 Å². The molecule has 1 rings (SSSR count). The molecule has 0 bridgehead atoms. The summed E-state index contributed by atoms with van der Waals surface area (Å²) in [5.74, 6) is 0. The third-order valence-corrected chi connectivity index (χ3v) is 3.45. The van der Waals surface area contributed by atoms with Gasteiger partial charge in [-0.3, -0.25) is 4.98 Å². The molecule has 0 aliphatic carbocycles. The summed E-state index contributed by atoms with van der Waals surface area (Å²) in [5, 5.41) is 0. The first kappa shape index (κ1) is 16.1. The van der Waals surface area contributed by atoms with Gasteiger partial charge in [0.25, 0.3) is 0 Å². The average molecular weight is 266 g/mol. The maximum absolute atomic E-state index is 6.15. The summed E-state index contributed by atoms with van der Waals surface area (Å²) in [6.45, 7) is 6.80. The molecular formula is C15H26N2O2. The highest BCUT2D eigenvalue weighted by Gasteiger charge is 2.21. The van der Waals surface area contributed by atoms with E-state index in [1.807, 2.05) is 12.1 Å². The topological polar surface area (TPSA) is 57.4 Å². The largest absolute Gasteiger partial charge is 0.379 e. The van der Waals surface area contributed by atoms with Crippen molar-refractivity contribution in [2.24, 2.45) is 5.73 Å². The van der Waals surface area contributed by atoms with Crippen LogP contribution in [0.2, 0.25) is 0 Å². The molecule has 0 saturated carbocycles. The lowest BCUT2D eigenvalue weighted by atomic mass is 10.0. The fourth-order valence-electron chi connectivity index (χ4n) is 1.77. The van der Waals surface area contributed by atoms with Crippen LogP contribution >= 0.6 is 0 Å². The van der Waals surface area contributed by atoms with Gasteiger partial charge in [0.1, 0.15) is 0 Å². The van der Waals surface area contributed by atoms with Crippen molar-refractivity contribution >= 4 is 0 Å². The number of aromatic nitrogens is 1.